The zero-order valence-electron chi connectivity index (χ0n) is 13.4. The van der Waals surface area contributed by atoms with E-state index in [1.54, 1.807) is 0 Å². The molecule has 5 nitrogen and oxygen atoms in total. The Bertz CT molecular complexity index is 506. The molecule has 2 fully saturated rings. The van der Waals surface area contributed by atoms with Gasteiger partial charge in [0.05, 0.1) is 18.4 Å². The number of nitrogens with zero attached hydrogens (tertiary/aromatic N) is 2. The predicted octanol–water partition coefficient (Wildman–Crippen LogP) is 1.30. The van der Waals surface area contributed by atoms with Crippen LogP contribution in [0.2, 0.25) is 0 Å². The van der Waals surface area contributed by atoms with Gasteiger partial charge in [0.2, 0.25) is 5.91 Å². The third-order valence-electron chi connectivity index (χ3n) is 4.69. The van der Waals surface area contributed by atoms with Gasteiger partial charge in [-0.1, -0.05) is 19.9 Å². The molecule has 0 bridgehead atoms. The Morgan fingerprint density at radius 1 is 1.45 bits per heavy atom. The average Bonchev–Trinajstić information content (AvgIpc) is 3.06. The molecule has 0 unspecified atom stereocenters. The maximum Gasteiger partial charge on any atom is 0.222 e. The van der Waals surface area contributed by atoms with E-state index in [1.165, 1.54) is 0 Å². The van der Waals surface area contributed by atoms with E-state index in [0.717, 1.165) is 38.5 Å². The molecule has 3 atom stereocenters. The molecule has 0 aromatic carbocycles. The van der Waals surface area contributed by atoms with Crippen LogP contribution in [0.25, 0.3) is 0 Å². The first-order chi connectivity index (χ1) is 10.6. The van der Waals surface area contributed by atoms with Gasteiger partial charge in [-0.05, 0) is 12.1 Å². The van der Waals surface area contributed by atoms with E-state index in [9.17, 15) is 4.79 Å². The van der Waals surface area contributed by atoms with Crippen LogP contribution in [-0.2, 0) is 16.1 Å². The van der Waals surface area contributed by atoms with Gasteiger partial charge in [0, 0.05) is 50.1 Å². The number of nitrogens with one attached hydrogen (secondary N) is 1. The molecular weight excluding hydrogens is 278 g/mol. The van der Waals surface area contributed by atoms with Crippen LogP contribution in [0, 0.1) is 17.8 Å². The molecule has 0 saturated carbocycles. The number of carbonyl (C=O) groups is 1. The number of ether oxygens (including phenoxy) is 1. The molecule has 22 heavy (non-hydrogen) atoms. The lowest BCUT2D eigenvalue weighted by Gasteiger charge is -2.20. The number of rotatable bonds is 5. The summed E-state index contributed by atoms with van der Waals surface area (Å²) >= 11 is 0. The molecule has 3 heterocycles. The van der Waals surface area contributed by atoms with Gasteiger partial charge < -0.3 is 10.1 Å². The van der Waals surface area contributed by atoms with Crippen LogP contribution in [0.3, 0.4) is 0 Å². The summed E-state index contributed by atoms with van der Waals surface area (Å²) in [5.41, 5.74) is 1.10. The molecule has 0 radical (unpaired) electrons. The molecule has 1 aromatic heterocycles. The van der Waals surface area contributed by atoms with E-state index in [1.807, 2.05) is 32.2 Å². The van der Waals surface area contributed by atoms with Gasteiger partial charge in [0.25, 0.3) is 0 Å². The van der Waals surface area contributed by atoms with E-state index in [2.05, 4.69) is 21.3 Å². The Kier molecular flexibility index (Phi) is 4.74. The zero-order valence-corrected chi connectivity index (χ0v) is 13.4. The smallest absolute Gasteiger partial charge is 0.222 e. The number of amides is 1. The molecule has 1 amide bonds. The standard InChI is InChI=1S/C17H25N3O2/c1-12(2)17(21)19-7-13-11-22-16-10-20(9-15(13)16)8-14-5-3-4-6-18-14/h3-6,12-13,15-16H,7-11H2,1-2H3,(H,19,21)/t13-,15+,16+/m1/s1. The van der Waals surface area contributed by atoms with Gasteiger partial charge in [-0.2, -0.15) is 0 Å². The van der Waals surface area contributed by atoms with Crippen molar-refractivity contribution >= 4 is 5.91 Å². The number of aromatic nitrogens is 1. The van der Waals surface area contributed by atoms with Crippen LogP contribution < -0.4 is 5.32 Å². The molecular formula is C17H25N3O2. The van der Waals surface area contributed by atoms with Crippen molar-refractivity contribution in [1.82, 2.24) is 15.2 Å². The summed E-state index contributed by atoms with van der Waals surface area (Å²) in [6.45, 7) is 8.23. The monoisotopic (exact) mass is 303 g/mol. The molecule has 3 rings (SSSR count). The number of likely N-dealkylation sites (tertiary alicyclic amines) is 1. The minimum atomic E-state index is 0.0438. The highest BCUT2D eigenvalue weighted by Crippen LogP contribution is 2.33. The van der Waals surface area contributed by atoms with Crippen LogP contribution in [0.15, 0.2) is 24.4 Å². The Morgan fingerprint density at radius 2 is 2.32 bits per heavy atom. The van der Waals surface area contributed by atoms with Gasteiger partial charge in [-0.15, -0.1) is 0 Å². The number of carbonyl (C=O) groups excluding carboxylic acids is 1. The summed E-state index contributed by atoms with van der Waals surface area (Å²) in [5.74, 6) is 1.13. The molecule has 0 aliphatic carbocycles. The van der Waals surface area contributed by atoms with Crippen molar-refractivity contribution in [2.75, 3.05) is 26.2 Å². The summed E-state index contributed by atoms with van der Waals surface area (Å²) in [6, 6.07) is 6.04. The molecule has 0 spiro atoms. The van der Waals surface area contributed by atoms with Gasteiger partial charge in [-0.25, -0.2) is 0 Å². The molecule has 1 N–H and O–H groups in total. The summed E-state index contributed by atoms with van der Waals surface area (Å²) in [4.78, 5) is 18.5. The topological polar surface area (TPSA) is 54.5 Å². The van der Waals surface area contributed by atoms with Gasteiger partial charge in [0.15, 0.2) is 0 Å². The zero-order chi connectivity index (χ0) is 15.5. The number of hydrogen-bond acceptors (Lipinski definition) is 4. The molecule has 2 aliphatic heterocycles. The molecule has 120 valence electrons. The second-order valence-electron chi connectivity index (χ2n) is 6.71. The van der Waals surface area contributed by atoms with Gasteiger partial charge in [0.1, 0.15) is 0 Å². The average molecular weight is 303 g/mol. The van der Waals surface area contributed by atoms with Crippen molar-refractivity contribution in [1.29, 1.82) is 0 Å². The lowest BCUT2D eigenvalue weighted by atomic mass is 9.93. The van der Waals surface area contributed by atoms with Crippen LogP contribution in [0.1, 0.15) is 19.5 Å². The Hall–Kier alpha value is -1.46. The Labute approximate surface area is 132 Å². The van der Waals surface area contributed by atoms with E-state index < -0.39 is 0 Å². The van der Waals surface area contributed by atoms with Crippen LogP contribution >= 0.6 is 0 Å². The lowest BCUT2D eigenvalue weighted by Crippen LogP contribution is -2.36. The maximum absolute atomic E-state index is 11.7. The van der Waals surface area contributed by atoms with E-state index in [-0.39, 0.29) is 11.8 Å². The molecule has 2 saturated heterocycles. The highest BCUT2D eigenvalue weighted by atomic mass is 16.5. The van der Waals surface area contributed by atoms with E-state index >= 15 is 0 Å². The number of pyridine rings is 1. The molecule has 2 aliphatic rings. The fraction of sp³-hybridized carbons (Fsp3) is 0.647. The third kappa shape index (κ3) is 3.47. The van der Waals surface area contributed by atoms with Gasteiger partial charge in [-0.3, -0.25) is 14.7 Å². The van der Waals surface area contributed by atoms with Crippen LogP contribution in [-0.4, -0.2) is 48.1 Å². The van der Waals surface area contributed by atoms with Crippen molar-refractivity contribution in [2.45, 2.75) is 26.5 Å². The van der Waals surface area contributed by atoms with Gasteiger partial charge >= 0.3 is 0 Å². The largest absolute Gasteiger partial charge is 0.376 e. The maximum atomic E-state index is 11.7. The normalized spacial score (nSPS) is 28.0. The molecule has 5 heteroatoms. The fourth-order valence-electron chi connectivity index (χ4n) is 3.38. The van der Waals surface area contributed by atoms with Crippen molar-refractivity contribution in [2.24, 2.45) is 17.8 Å². The van der Waals surface area contributed by atoms with Crippen LogP contribution in [0.4, 0.5) is 0 Å². The number of hydrogen-bond donors (Lipinski definition) is 1. The first-order valence-corrected chi connectivity index (χ1v) is 8.15. The lowest BCUT2D eigenvalue weighted by molar-refractivity contribution is -0.124. The number of fused-ring (bicyclic) bond motifs is 1. The Balaban J connectivity index is 1.51. The second kappa shape index (κ2) is 6.75. The quantitative estimate of drug-likeness (QED) is 0.891. The summed E-state index contributed by atoms with van der Waals surface area (Å²) < 4.78 is 5.94. The van der Waals surface area contributed by atoms with Crippen molar-refractivity contribution in [3.63, 3.8) is 0 Å². The summed E-state index contributed by atoms with van der Waals surface area (Å²) in [6.07, 6.45) is 2.15. The van der Waals surface area contributed by atoms with Crippen LogP contribution in [0.5, 0.6) is 0 Å². The fourth-order valence-corrected chi connectivity index (χ4v) is 3.38. The summed E-state index contributed by atoms with van der Waals surface area (Å²) in [7, 11) is 0. The molecule has 1 aromatic rings. The third-order valence-corrected chi connectivity index (χ3v) is 4.69. The minimum Gasteiger partial charge on any atom is -0.376 e. The minimum absolute atomic E-state index is 0.0438. The highest BCUT2D eigenvalue weighted by Gasteiger charge is 2.43. The van der Waals surface area contributed by atoms with E-state index in [0.29, 0.717) is 17.9 Å². The second-order valence-corrected chi connectivity index (χ2v) is 6.71. The Morgan fingerprint density at radius 3 is 3.05 bits per heavy atom. The summed E-state index contributed by atoms with van der Waals surface area (Å²) in [5, 5.41) is 3.05. The highest BCUT2D eigenvalue weighted by molar-refractivity contribution is 5.77. The van der Waals surface area contributed by atoms with E-state index in [4.69, 9.17) is 4.74 Å². The van der Waals surface area contributed by atoms with Crippen molar-refractivity contribution < 1.29 is 9.53 Å². The van der Waals surface area contributed by atoms with Crippen molar-refractivity contribution in [3.05, 3.63) is 30.1 Å². The predicted molar refractivity (Wildman–Crippen MR) is 84.1 cm³/mol. The van der Waals surface area contributed by atoms with Crippen molar-refractivity contribution in [3.8, 4) is 0 Å². The first kappa shape index (κ1) is 15.4. The SMILES string of the molecule is CC(C)C(=O)NC[C@@H]1CO[C@H]2CN(Cc3ccccn3)C[C@@H]12. The first-order valence-electron chi connectivity index (χ1n) is 8.15.